The predicted molar refractivity (Wildman–Crippen MR) is 172 cm³/mol. The zero-order chi connectivity index (χ0) is 32.9. The molecule has 0 heterocycles. The molecule has 2 unspecified atom stereocenters. The van der Waals surface area contributed by atoms with Gasteiger partial charge in [0.2, 0.25) is 5.91 Å². The Morgan fingerprint density at radius 2 is 1.80 bits per heavy atom. The number of benzene rings is 2. The standard InChI is InChI=1S/C36H46N2O7/c1-8-23-19-28(23)32(40)38-30(33(41)43-10-3)26-16-11-12-17-29(26)44-36(7)25(9-2)20-27(31(36)39)24-15-13-14-22(18-24)21-37-34(42)45-35(4,5)6/h11-18,20,23,28,30,39H,8-10,19,21H2,1-7H3,(H,37,42)(H,38,40)/t23-,28-,30?,36?/m1/s1. The van der Waals surface area contributed by atoms with Crippen LogP contribution in [0.2, 0.25) is 0 Å². The topological polar surface area (TPSA) is 123 Å². The van der Waals surface area contributed by atoms with Gasteiger partial charge in [0, 0.05) is 23.6 Å². The van der Waals surface area contributed by atoms with Crippen molar-refractivity contribution in [2.75, 3.05) is 6.61 Å². The molecule has 2 aliphatic rings. The monoisotopic (exact) mass is 618 g/mol. The zero-order valence-electron chi connectivity index (χ0n) is 27.4. The molecule has 1 fully saturated rings. The van der Waals surface area contributed by atoms with Gasteiger partial charge >= 0.3 is 12.1 Å². The number of aliphatic hydroxyl groups is 1. The Balaban J connectivity index is 1.62. The highest BCUT2D eigenvalue weighted by molar-refractivity contribution is 5.88. The number of rotatable bonds is 12. The second-order valence-corrected chi connectivity index (χ2v) is 12.7. The summed E-state index contributed by atoms with van der Waals surface area (Å²) in [5.74, 6) is -0.180. The molecular formula is C36H46N2O7. The summed E-state index contributed by atoms with van der Waals surface area (Å²) in [6.45, 7) is 13.4. The lowest BCUT2D eigenvalue weighted by atomic mass is 9.94. The average Bonchev–Trinajstić information content (AvgIpc) is 3.74. The van der Waals surface area contributed by atoms with Gasteiger partial charge in [-0.05, 0) is 88.3 Å². The summed E-state index contributed by atoms with van der Waals surface area (Å²) in [5.41, 5.74) is 1.63. The number of ether oxygens (including phenoxy) is 3. The van der Waals surface area contributed by atoms with Gasteiger partial charge in [-0.15, -0.1) is 0 Å². The summed E-state index contributed by atoms with van der Waals surface area (Å²) in [6.07, 6.45) is 3.70. The highest BCUT2D eigenvalue weighted by atomic mass is 16.6. The molecule has 0 radical (unpaired) electrons. The van der Waals surface area contributed by atoms with Crippen molar-refractivity contribution in [1.82, 2.24) is 10.6 Å². The molecule has 9 nitrogen and oxygen atoms in total. The summed E-state index contributed by atoms with van der Waals surface area (Å²) >= 11 is 0. The molecule has 242 valence electrons. The van der Waals surface area contributed by atoms with Gasteiger partial charge in [0.15, 0.2) is 11.6 Å². The first-order chi connectivity index (χ1) is 21.3. The molecule has 2 aromatic rings. The number of hydrogen-bond acceptors (Lipinski definition) is 7. The van der Waals surface area contributed by atoms with E-state index < -0.39 is 29.3 Å². The van der Waals surface area contributed by atoms with Gasteiger partial charge in [0.1, 0.15) is 17.1 Å². The minimum atomic E-state index is -1.24. The normalized spacial score (nSPS) is 21.4. The van der Waals surface area contributed by atoms with Gasteiger partial charge in [-0.2, -0.15) is 0 Å². The maximum absolute atomic E-state index is 13.2. The van der Waals surface area contributed by atoms with Crippen LogP contribution in [-0.4, -0.2) is 40.9 Å². The van der Waals surface area contributed by atoms with Gasteiger partial charge < -0.3 is 30.0 Å². The van der Waals surface area contributed by atoms with Crippen LogP contribution in [-0.2, 0) is 25.6 Å². The van der Waals surface area contributed by atoms with Crippen LogP contribution in [0.4, 0.5) is 4.79 Å². The lowest BCUT2D eigenvalue weighted by Crippen LogP contribution is -2.38. The largest absolute Gasteiger partial charge is 0.507 e. The number of aliphatic hydroxyl groups excluding tert-OH is 1. The van der Waals surface area contributed by atoms with Crippen LogP contribution in [0.5, 0.6) is 5.75 Å². The Morgan fingerprint density at radius 1 is 1.07 bits per heavy atom. The van der Waals surface area contributed by atoms with E-state index in [1.807, 2.05) is 37.3 Å². The molecule has 0 aliphatic heterocycles. The first kappa shape index (κ1) is 33.6. The maximum atomic E-state index is 13.2. The number of carbonyl (C=O) groups is 3. The van der Waals surface area contributed by atoms with E-state index in [0.29, 0.717) is 29.2 Å². The molecule has 0 bridgehead atoms. The third kappa shape index (κ3) is 7.88. The maximum Gasteiger partial charge on any atom is 0.407 e. The van der Waals surface area contributed by atoms with Crippen LogP contribution in [0, 0.1) is 11.8 Å². The van der Waals surface area contributed by atoms with Gasteiger partial charge in [-0.3, -0.25) is 4.79 Å². The molecule has 0 aromatic heterocycles. The number of carbonyl (C=O) groups excluding carboxylic acids is 3. The van der Waals surface area contributed by atoms with E-state index >= 15 is 0 Å². The highest BCUT2D eigenvalue weighted by Crippen LogP contribution is 2.45. The number of hydrogen-bond donors (Lipinski definition) is 3. The van der Waals surface area contributed by atoms with E-state index in [-0.39, 0.29) is 30.7 Å². The molecule has 4 atom stereocenters. The van der Waals surface area contributed by atoms with Crippen molar-refractivity contribution in [3.8, 4) is 5.75 Å². The summed E-state index contributed by atoms with van der Waals surface area (Å²) in [5, 5.41) is 17.4. The first-order valence-corrected chi connectivity index (χ1v) is 15.8. The minimum absolute atomic E-state index is 0.0203. The third-order valence-electron chi connectivity index (χ3n) is 8.23. The predicted octanol–water partition coefficient (Wildman–Crippen LogP) is 6.93. The first-order valence-electron chi connectivity index (χ1n) is 15.8. The lowest BCUT2D eigenvalue weighted by molar-refractivity contribution is -0.147. The van der Waals surface area contributed by atoms with Crippen molar-refractivity contribution < 1.29 is 33.7 Å². The Labute approximate surface area is 266 Å². The zero-order valence-corrected chi connectivity index (χ0v) is 27.4. The Morgan fingerprint density at radius 3 is 2.44 bits per heavy atom. The fourth-order valence-electron chi connectivity index (χ4n) is 5.69. The van der Waals surface area contributed by atoms with Gasteiger partial charge in [-0.1, -0.05) is 56.7 Å². The summed E-state index contributed by atoms with van der Waals surface area (Å²) in [4.78, 5) is 38.4. The molecule has 0 spiro atoms. The van der Waals surface area contributed by atoms with Crippen molar-refractivity contribution in [2.45, 2.75) is 91.5 Å². The van der Waals surface area contributed by atoms with Gasteiger partial charge in [-0.25, -0.2) is 9.59 Å². The van der Waals surface area contributed by atoms with Crippen molar-refractivity contribution in [3.63, 3.8) is 0 Å². The van der Waals surface area contributed by atoms with Crippen molar-refractivity contribution in [2.24, 2.45) is 11.8 Å². The van der Waals surface area contributed by atoms with Gasteiger partial charge in [0.05, 0.1) is 6.61 Å². The number of alkyl carbamates (subject to hydrolysis) is 1. The van der Waals surface area contributed by atoms with Crippen LogP contribution in [0.1, 0.15) is 90.5 Å². The Hall–Kier alpha value is -4.27. The second-order valence-electron chi connectivity index (χ2n) is 12.7. The van der Waals surface area contributed by atoms with Crippen LogP contribution < -0.4 is 15.4 Å². The number of allylic oxidation sites excluding steroid dienone is 2. The molecule has 2 amide bonds. The molecule has 1 saturated carbocycles. The summed E-state index contributed by atoms with van der Waals surface area (Å²) in [7, 11) is 0. The average molecular weight is 619 g/mol. The van der Waals surface area contributed by atoms with Crippen LogP contribution in [0.3, 0.4) is 0 Å². The summed E-state index contributed by atoms with van der Waals surface area (Å²) in [6, 6.07) is 13.5. The van der Waals surface area contributed by atoms with Crippen molar-refractivity contribution >= 4 is 23.5 Å². The van der Waals surface area contributed by atoms with E-state index in [0.717, 1.165) is 29.5 Å². The second kappa shape index (κ2) is 13.8. The number of esters is 1. The van der Waals surface area contributed by atoms with Crippen LogP contribution >= 0.6 is 0 Å². The summed E-state index contributed by atoms with van der Waals surface area (Å²) < 4.78 is 17.3. The van der Waals surface area contributed by atoms with Crippen LogP contribution in [0.25, 0.3) is 5.57 Å². The van der Waals surface area contributed by atoms with E-state index in [9.17, 15) is 19.5 Å². The van der Waals surface area contributed by atoms with E-state index in [4.69, 9.17) is 14.2 Å². The fourth-order valence-corrected chi connectivity index (χ4v) is 5.69. The third-order valence-corrected chi connectivity index (χ3v) is 8.23. The number of nitrogens with one attached hydrogen (secondary N) is 2. The molecule has 0 saturated heterocycles. The molecule has 45 heavy (non-hydrogen) atoms. The van der Waals surface area contributed by atoms with E-state index in [1.54, 1.807) is 58.9 Å². The van der Waals surface area contributed by atoms with E-state index in [2.05, 4.69) is 17.6 Å². The molecule has 2 aliphatic carbocycles. The Kier molecular flexibility index (Phi) is 10.3. The molecule has 3 N–H and O–H groups in total. The highest BCUT2D eigenvalue weighted by Gasteiger charge is 2.45. The van der Waals surface area contributed by atoms with Crippen LogP contribution in [0.15, 0.2) is 65.9 Å². The fraction of sp³-hybridized carbons (Fsp3) is 0.472. The number of para-hydroxylation sites is 1. The van der Waals surface area contributed by atoms with E-state index in [1.165, 1.54) is 0 Å². The SMILES string of the molecule is CCOC(=O)C(NC(=O)[C@@H]1C[C@H]1CC)c1ccccc1OC1(C)C(CC)=CC(c2cccc(CNC(=O)OC(C)(C)C)c2)=C1O. The smallest absolute Gasteiger partial charge is 0.407 e. The molecular weight excluding hydrogens is 572 g/mol. The lowest BCUT2D eigenvalue weighted by Gasteiger charge is -2.31. The molecule has 4 rings (SSSR count). The Bertz CT molecular complexity index is 1490. The van der Waals surface area contributed by atoms with Crippen molar-refractivity contribution in [3.05, 3.63) is 82.6 Å². The van der Waals surface area contributed by atoms with Crippen molar-refractivity contribution in [1.29, 1.82) is 0 Å². The molecule has 2 aromatic carbocycles. The molecule has 9 heteroatoms. The quantitative estimate of drug-likeness (QED) is 0.220. The minimum Gasteiger partial charge on any atom is -0.507 e. The van der Waals surface area contributed by atoms with Gasteiger partial charge in [0.25, 0.3) is 0 Å². The number of amides is 2.